The van der Waals surface area contributed by atoms with Crippen molar-refractivity contribution in [3.05, 3.63) is 65.1 Å². The quantitative estimate of drug-likeness (QED) is 0.403. The van der Waals surface area contributed by atoms with Crippen molar-refractivity contribution < 1.29 is 13.9 Å². The van der Waals surface area contributed by atoms with Gasteiger partial charge in [0.25, 0.3) is 5.91 Å². The Morgan fingerprint density at radius 1 is 1.13 bits per heavy atom. The fourth-order valence-corrected chi connectivity index (χ4v) is 5.44. The summed E-state index contributed by atoms with van der Waals surface area (Å²) in [7, 11) is 0. The first-order valence-electron chi connectivity index (χ1n) is 12.5. The van der Waals surface area contributed by atoms with E-state index in [1.165, 1.54) is 12.3 Å². The Morgan fingerprint density at radius 2 is 1.92 bits per heavy atom. The number of aromatic nitrogens is 5. The van der Waals surface area contributed by atoms with Gasteiger partial charge in [0.15, 0.2) is 5.65 Å². The minimum absolute atomic E-state index is 0. The fourth-order valence-electron chi connectivity index (χ4n) is 5.44. The standard InChI is InChI=1S/C27H28FN7O2.H2S/c1-15-24-27(32-16(2)31-15)35(26(33-24)18-4-6-22(25(29)36)30-12-18)13-19-3-5-20(11-21(19)28)37-23-14-34-9-7-17(23)8-10-34;/h3-6,11-12,17,23H,7-10,13-14H2,1-2H3,(H2,29,36);1H2. The number of aryl methyl sites for hydroxylation is 2. The summed E-state index contributed by atoms with van der Waals surface area (Å²) in [5.41, 5.74) is 8.60. The second-order valence-electron chi connectivity index (χ2n) is 9.89. The second-order valence-corrected chi connectivity index (χ2v) is 9.89. The molecule has 6 heterocycles. The van der Waals surface area contributed by atoms with Crippen LogP contribution in [0.5, 0.6) is 5.75 Å². The number of hydrogen-bond acceptors (Lipinski definition) is 7. The van der Waals surface area contributed by atoms with Crippen LogP contribution < -0.4 is 10.5 Å². The number of imidazole rings is 1. The summed E-state index contributed by atoms with van der Waals surface area (Å²) in [5.74, 6) is 1.27. The third-order valence-electron chi connectivity index (χ3n) is 7.39. The van der Waals surface area contributed by atoms with Crippen molar-refractivity contribution in [3.8, 4) is 17.1 Å². The van der Waals surface area contributed by atoms with Gasteiger partial charge in [-0.3, -0.25) is 14.7 Å². The third-order valence-corrected chi connectivity index (χ3v) is 7.39. The molecule has 2 N–H and O–H groups in total. The van der Waals surface area contributed by atoms with Crippen molar-refractivity contribution in [3.63, 3.8) is 0 Å². The van der Waals surface area contributed by atoms with Crippen molar-refractivity contribution in [2.24, 2.45) is 11.7 Å². The molecule has 3 saturated heterocycles. The number of amides is 1. The van der Waals surface area contributed by atoms with Gasteiger partial charge in [0, 0.05) is 29.9 Å². The number of nitrogens with zero attached hydrogens (tertiary/aromatic N) is 6. The zero-order valence-electron chi connectivity index (χ0n) is 21.3. The van der Waals surface area contributed by atoms with Gasteiger partial charge in [0.05, 0.1) is 12.2 Å². The lowest BCUT2D eigenvalue weighted by atomic mass is 9.86. The molecule has 0 radical (unpaired) electrons. The van der Waals surface area contributed by atoms with Gasteiger partial charge in [-0.2, -0.15) is 13.5 Å². The number of hydrogen-bond donors (Lipinski definition) is 1. The average molecular weight is 536 g/mol. The van der Waals surface area contributed by atoms with E-state index < -0.39 is 5.91 Å². The minimum Gasteiger partial charge on any atom is -0.489 e. The molecule has 7 rings (SSSR count). The summed E-state index contributed by atoms with van der Waals surface area (Å²) >= 11 is 0. The molecule has 11 heteroatoms. The van der Waals surface area contributed by atoms with Gasteiger partial charge in [-0.25, -0.2) is 19.3 Å². The summed E-state index contributed by atoms with van der Waals surface area (Å²) < 4.78 is 23.5. The normalized spacial score (nSPS) is 20.3. The Hall–Kier alpha value is -3.57. The highest BCUT2D eigenvalue weighted by molar-refractivity contribution is 7.59. The van der Waals surface area contributed by atoms with Crippen LogP contribution in [0.15, 0.2) is 36.5 Å². The van der Waals surface area contributed by atoms with E-state index in [4.69, 9.17) is 15.5 Å². The molecule has 0 aliphatic carbocycles. The first-order valence-corrected chi connectivity index (χ1v) is 12.5. The monoisotopic (exact) mass is 535 g/mol. The van der Waals surface area contributed by atoms with E-state index in [-0.39, 0.29) is 37.7 Å². The van der Waals surface area contributed by atoms with Crippen LogP contribution in [0, 0.1) is 25.6 Å². The van der Waals surface area contributed by atoms with E-state index in [2.05, 4.69) is 19.9 Å². The number of carbonyl (C=O) groups is 1. The fraction of sp³-hybridized carbons (Fsp3) is 0.370. The first-order chi connectivity index (χ1) is 17.9. The second kappa shape index (κ2) is 10.3. The van der Waals surface area contributed by atoms with E-state index in [1.807, 2.05) is 24.5 Å². The Morgan fingerprint density at radius 3 is 2.55 bits per heavy atom. The van der Waals surface area contributed by atoms with Crippen LogP contribution >= 0.6 is 13.5 Å². The topological polar surface area (TPSA) is 112 Å². The van der Waals surface area contributed by atoms with Gasteiger partial charge < -0.3 is 15.0 Å². The highest BCUT2D eigenvalue weighted by Crippen LogP contribution is 2.32. The van der Waals surface area contributed by atoms with Crippen molar-refractivity contribution in [2.45, 2.75) is 39.3 Å². The highest BCUT2D eigenvalue weighted by atomic mass is 32.1. The van der Waals surface area contributed by atoms with Crippen LogP contribution in [-0.4, -0.2) is 61.0 Å². The van der Waals surface area contributed by atoms with Gasteiger partial charge in [0.2, 0.25) is 0 Å². The van der Waals surface area contributed by atoms with E-state index >= 15 is 4.39 Å². The summed E-state index contributed by atoms with van der Waals surface area (Å²) in [6.07, 6.45) is 3.92. The van der Waals surface area contributed by atoms with E-state index in [0.29, 0.717) is 45.6 Å². The maximum atomic E-state index is 15.4. The number of carbonyl (C=O) groups excluding carboxylic acids is 1. The lowest BCUT2D eigenvalue weighted by Gasteiger charge is -2.44. The molecule has 9 nitrogen and oxygen atoms in total. The molecule has 0 saturated carbocycles. The molecule has 198 valence electrons. The lowest BCUT2D eigenvalue weighted by molar-refractivity contribution is -0.00789. The molecule has 3 aromatic heterocycles. The molecule has 1 aromatic carbocycles. The average Bonchev–Trinajstić information content (AvgIpc) is 3.25. The molecule has 0 spiro atoms. The van der Waals surface area contributed by atoms with Crippen molar-refractivity contribution in [1.29, 1.82) is 0 Å². The Bertz CT molecular complexity index is 1500. The minimum atomic E-state index is -0.611. The molecule has 1 amide bonds. The first kappa shape index (κ1) is 26.1. The van der Waals surface area contributed by atoms with Gasteiger partial charge in [-0.1, -0.05) is 6.07 Å². The van der Waals surface area contributed by atoms with Crippen LogP contribution in [0.2, 0.25) is 0 Å². The molecular weight excluding hydrogens is 505 g/mol. The Labute approximate surface area is 226 Å². The number of benzene rings is 1. The zero-order chi connectivity index (χ0) is 25.7. The number of piperidine rings is 3. The van der Waals surface area contributed by atoms with Crippen LogP contribution in [0.3, 0.4) is 0 Å². The van der Waals surface area contributed by atoms with E-state index in [9.17, 15) is 4.79 Å². The Kier molecular flexibility index (Phi) is 7.06. The van der Waals surface area contributed by atoms with Gasteiger partial charge in [0.1, 0.15) is 40.5 Å². The molecule has 2 bridgehead atoms. The number of halogens is 1. The van der Waals surface area contributed by atoms with Crippen LogP contribution in [0.25, 0.3) is 22.6 Å². The van der Waals surface area contributed by atoms with Crippen LogP contribution in [0.4, 0.5) is 4.39 Å². The highest BCUT2D eigenvalue weighted by Gasteiger charge is 2.35. The lowest BCUT2D eigenvalue weighted by Crippen LogP contribution is -2.52. The summed E-state index contributed by atoms with van der Waals surface area (Å²) in [5, 5.41) is 0. The maximum Gasteiger partial charge on any atom is 0.267 e. The SMILES string of the molecule is Cc1nc(C)c2nc(-c3ccc(C(N)=O)nc3)n(Cc3ccc(OC4CN5CCC4CC5)cc3F)c2n1.S. The number of primary amides is 1. The zero-order valence-corrected chi connectivity index (χ0v) is 22.3. The third kappa shape index (κ3) is 4.83. The molecular formula is C27H30FN7O2S. The predicted octanol–water partition coefficient (Wildman–Crippen LogP) is 3.38. The summed E-state index contributed by atoms with van der Waals surface area (Å²) in [6, 6.07) is 8.34. The molecule has 38 heavy (non-hydrogen) atoms. The summed E-state index contributed by atoms with van der Waals surface area (Å²) in [4.78, 5) is 31.9. The molecule has 4 aromatic rings. The number of ether oxygens (including phenoxy) is 1. The van der Waals surface area contributed by atoms with Crippen LogP contribution in [0.1, 0.15) is 40.4 Å². The number of pyridine rings is 1. The summed E-state index contributed by atoms with van der Waals surface area (Å²) in [6.45, 7) is 7.04. The number of fused-ring (bicyclic) bond motifs is 4. The number of rotatable bonds is 6. The smallest absolute Gasteiger partial charge is 0.267 e. The van der Waals surface area contributed by atoms with Crippen molar-refractivity contribution in [2.75, 3.05) is 19.6 Å². The van der Waals surface area contributed by atoms with Crippen molar-refractivity contribution in [1.82, 2.24) is 29.4 Å². The molecule has 1 atom stereocenters. The molecule has 1 unspecified atom stereocenters. The predicted molar refractivity (Wildman–Crippen MR) is 146 cm³/mol. The van der Waals surface area contributed by atoms with Crippen LogP contribution in [-0.2, 0) is 6.54 Å². The van der Waals surface area contributed by atoms with Gasteiger partial charge >= 0.3 is 0 Å². The molecule has 3 aliphatic rings. The van der Waals surface area contributed by atoms with E-state index in [1.54, 1.807) is 18.2 Å². The Balaban J connectivity index is 0.00000294. The molecule has 3 aliphatic heterocycles. The van der Waals surface area contributed by atoms with Gasteiger partial charge in [-0.15, -0.1) is 0 Å². The molecule has 3 fully saturated rings. The van der Waals surface area contributed by atoms with E-state index in [0.717, 1.165) is 38.2 Å². The van der Waals surface area contributed by atoms with Gasteiger partial charge in [-0.05, 0) is 63.9 Å². The maximum absolute atomic E-state index is 15.4. The van der Waals surface area contributed by atoms with Crippen molar-refractivity contribution >= 4 is 30.6 Å². The number of nitrogens with two attached hydrogens (primary N) is 1. The largest absolute Gasteiger partial charge is 0.489 e.